The van der Waals surface area contributed by atoms with Gasteiger partial charge in [0.05, 0.1) is 6.61 Å². The maximum absolute atomic E-state index is 15.6. The van der Waals surface area contributed by atoms with Crippen LogP contribution in [-0.2, 0) is 25.7 Å². The second-order valence-electron chi connectivity index (χ2n) is 12.3. The van der Waals surface area contributed by atoms with E-state index in [1.165, 1.54) is 64.6 Å². The van der Waals surface area contributed by atoms with Crippen LogP contribution < -0.4 is 4.74 Å². The van der Waals surface area contributed by atoms with Gasteiger partial charge in [0, 0.05) is 5.56 Å². The van der Waals surface area contributed by atoms with Gasteiger partial charge in [0.25, 0.3) is 0 Å². The zero-order valence-electron chi connectivity index (χ0n) is 26.8. The third-order valence-corrected chi connectivity index (χ3v) is 9.85. The van der Waals surface area contributed by atoms with Crippen molar-refractivity contribution in [2.75, 3.05) is 6.61 Å². The molecule has 0 bridgehead atoms. The number of hydrogen-bond donors (Lipinski definition) is 0. The molecule has 3 aromatic carbocycles. The van der Waals surface area contributed by atoms with Crippen LogP contribution in [0.15, 0.2) is 42.5 Å². The van der Waals surface area contributed by atoms with Gasteiger partial charge in [-0.1, -0.05) is 104 Å². The summed E-state index contributed by atoms with van der Waals surface area (Å²) in [6.07, 6.45) is 10.9. The van der Waals surface area contributed by atoms with E-state index in [9.17, 15) is 0 Å². The van der Waals surface area contributed by atoms with Crippen molar-refractivity contribution in [2.45, 2.75) is 119 Å². The molecule has 0 spiro atoms. The van der Waals surface area contributed by atoms with Crippen molar-refractivity contribution in [3.8, 4) is 28.0 Å². The van der Waals surface area contributed by atoms with Gasteiger partial charge in [-0.25, -0.2) is 4.39 Å². The Morgan fingerprint density at radius 1 is 0.707 bits per heavy atom. The van der Waals surface area contributed by atoms with E-state index in [-0.39, 0.29) is 5.82 Å². The molecular weight excluding hydrogens is 503 g/mol. The number of halogens is 1. The Morgan fingerprint density at radius 3 is 1.95 bits per heavy atom. The van der Waals surface area contributed by atoms with Gasteiger partial charge in [-0.3, -0.25) is 0 Å². The fourth-order valence-electron chi connectivity index (χ4n) is 6.94. The van der Waals surface area contributed by atoms with E-state index in [1.54, 1.807) is 0 Å². The summed E-state index contributed by atoms with van der Waals surface area (Å²) in [4.78, 5) is 0. The van der Waals surface area contributed by atoms with Gasteiger partial charge in [0.2, 0.25) is 0 Å². The molecule has 0 N–H and O–H groups in total. The highest BCUT2D eigenvalue weighted by Crippen LogP contribution is 2.41. The maximum Gasteiger partial charge on any atom is 0.131 e. The van der Waals surface area contributed by atoms with Gasteiger partial charge in [0.1, 0.15) is 11.6 Å². The molecule has 1 aliphatic carbocycles. The lowest BCUT2D eigenvalue weighted by atomic mass is 9.79. The summed E-state index contributed by atoms with van der Waals surface area (Å²) in [7, 11) is 0. The second kappa shape index (κ2) is 14.5. The molecule has 41 heavy (non-hydrogen) atoms. The molecule has 0 aliphatic heterocycles. The van der Waals surface area contributed by atoms with Crippen LogP contribution in [0.1, 0.15) is 121 Å². The van der Waals surface area contributed by atoms with Crippen molar-refractivity contribution in [2.24, 2.45) is 11.8 Å². The summed E-state index contributed by atoms with van der Waals surface area (Å²) >= 11 is 0. The lowest BCUT2D eigenvalue weighted by Gasteiger charge is -2.26. The van der Waals surface area contributed by atoms with E-state index in [1.807, 2.05) is 12.1 Å². The first-order valence-corrected chi connectivity index (χ1v) is 16.6. The van der Waals surface area contributed by atoms with Gasteiger partial charge < -0.3 is 4.74 Å². The Balaban J connectivity index is 1.71. The van der Waals surface area contributed by atoms with Crippen molar-refractivity contribution >= 4 is 0 Å². The van der Waals surface area contributed by atoms with Gasteiger partial charge in [-0.05, 0) is 113 Å². The van der Waals surface area contributed by atoms with E-state index in [0.717, 1.165) is 67.9 Å². The van der Waals surface area contributed by atoms with E-state index in [2.05, 4.69) is 78.8 Å². The first-order valence-electron chi connectivity index (χ1n) is 16.6. The number of hydrogen-bond acceptors (Lipinski definition) is 1. The molecule has 1 saturated carbocycles. The fourth-order valence-corrected chi connectivity index (χ4v) is 6.94. The van der Waals surface area contributed by atoms with Crippen LogP contribution in [0.4, 0.5) is 4.39 Å². The van der Waals surface area contributed by atoms with Crippen molar-refractivity contribution < 1.29 is 9.13 Å². The molecule has 1 aliphatic rings. The summed E-state index contributed by atoms with van der Waals surface area (Å²) in [5, 5.41) is 0. The molecule has 0 saturated heterocycles. The normalized spacial score (nSPS) is 17.3. The van der Waals surface area contributed by atoms with E-state index >= 15 is 4.39 Å². The van der Waals surface area contributed by atoms with Crippen LogP contribution in [0.25, 0.3) is 22.3 Å². The van der Waals surface area contributed by atoms with Crippen molar-refractivity contribution in [3.63, 3.8) is 0 Å². The minimum Gasteiger partial charge on any atom is -0.493 e. The SMILES string of the molecule is CCc1cc(-c2cc(CC)c(OCC(CC)CC)c(CC)c2CC)ccc1-c1ccc(C2CCC(C)CC2)cc1F. The summed E-state index contributed by atoms with van der Waals surface area (Å²) in [6.45, 7) is 16.6. The number of ether oxygens (including phenoxy) is 1. The highest BCUT2D eigenvalue weighted by Gasteiger charge is 2.22. The van der Waals surface area contributed by atoms with Crippen LogP contribution in [0.5, 0.6) is 5.75 Å². The molecule has 0 atom stereocenters. The third-order valence-electron chi connectivity index (χ3n) is 9.85. The predicted octanol–water partition coefficient (Wildman–Crippen LogP) is 11.5. The molecule has 2 heteroatoms. The number of rotatable bonds is 12. The molecule has 1 fully saturated rings. The van der Waals surface area contributed by atoms with E-state index < -0.39 is 0 Å². The Kier molecular flexibility index (Phi) is 11.1. The Morgan fingerprint density at radius 2 is 1.37 bits per heavy atom. The van der Waals surface area contributed by atoms with Crippen molar-refractivity contribution in [3.05, 3.63) is 76.1 Å². The first kappa shape index (κ1) is 31.3. The maximum atomic E-state index is 15.6. The summed E-state index contributed by atoms with van der Waals surface area (Å²) in [5.41, 5.74) is 10.7. The third kappa shape index (κ3) is 6.90. The highest BCUT2D eigenvalue weighted by atomic mass is 19.1. The fraction of sp³-hybridized carbons (Fsp3) is 0.538. The molecule has 0 amide bonds. The van der Waals surface area contributed by atoms with Gasteiger partial charge >= 0.3 is 0 Å². The smallest absolute Gasteiger partial charge is 0.131 e. The van der Waals surface area contributed by atoms with Crippen LogP contribution in [-0.4, -0.2) is 6.61 Å². The van der Waals surface area contributed by atoms with Crippen LogP contribution in [0, 0.1) is 17.7 Å². The molecule has 0 radical (unpaired) electrons. The molecule has 0 heterocycles. The van der Waals surface area contributed by atoms with Gasteiger partial charge in [-0.15, -0.1) is 0 Å². The van der Waals surface area contributed by atoms with Gasteiger partial charge in [0.15, 0.2) is 0 Å². The minimum absolute atomic E-state index is 0.0849. The Hall–Kier alpha value is -2.61. The van der Waals surface area contributed by atoms with Crippen LogP contribution in [0.3, 0.4) is 0 Å². The van der Waals surface area contributed by atoms with Crippen molar-refractivity contribution in [1.29, 1.82) is 0 Å². The predicted molar refractivity (Wildman–Crippen MR) is 175 cm³/mol. The number of benzene rings is 3. The lowest BCUT2D eigenvalue weighted by Crippen LogP contribution is -2.13. The highest BCUT2D eigenvalue weighted by molar-refractivity contribution is 5.78. The van der Waals surface area contributed by atoms with E-state index in [0.29, 0.717) is 11.8 Å². The molecular formula is C39H53FO. The average Bonchev–Trinajstić information content (AvgIpc) is 3.00. The lowest BCUT2D eigenvalue weighted by molar-refractivity contribution is 0.236. The van der Waals surface area contributed by atoms with E-state index in [4.69, 9.17) is 4.74 Å². The monoisotopic (exact) mass is 556 g/mol. The molecule has 222 valence electrons. The molecule has 4 rings (SSSR count). The summed E-state index contributed by atoms with van der Waals surface area (Å²) in [6, 6.07) is 15.1. The molecule has 0 aromatic heterocycles. The topological polar surface area (TPSA) is 9.23 Å². The van der Waals surface area contributed by atoms with Crippen molar-refractivity contribution in [1.82, 2.24) is 0 Å². The summed E-state index contributed by atoms with van der Waals surface area (Å²) in [5.74, 6) is 2.92. The number of aryl methyl sites for hydroxylation is 2. The average molecular weight is 557 g/mol. The zero-order chi connectivity index (χ0) is 29.5. The second-order valence-corrected chi connectivity index (χ2v) is 12.3. The van der Waals surface area contributed by atoms with Gasteiger partial charge in [-0.2, -0.15) is 0 Å². The largest absolute Gasteiger partial charge is 0.493 e. The summed E-state index contributed by atoms with van der Waals surface area (Å²) < 4.78 is 22.2. The molecule has 0 unspecified atom stereocenters. The molecule has 1 nitrogen and oxygen atoms in total. The standard InChI is InChI=1S/C39H53FO/c1-8-27(9-2)25-41-39-29(11-4)23-37(33(12-5)34(39)13-6)32-19-20-35(28(10-3)22-32)36-21-18-31(24-38(36)40)30-16-14-26(7)15-17-30/h18-24,26-27,30H,8-17,25H2,1-7H3. The minimum atomic E-state index is -0.0849. The Bertz CT molecular complexity index is 1290. The van der Waals surface area contributed by atoms with Crippen LogP contribution >= 0.6 is 0 Å². The molecule has 3 aromatic rings. The Labute approximate surface area is 249 Å². The first-order chi connectivity index (χ1) is 19.9. The zero-order valence-corrected chi connectivity index (χ0v) is 26.8. The quantitative estimate of drug-likeness (QED) is 0.215. The van der Waals surface area contributed by atoms with Crippen LogP contribution in [0.2, 0.25) is 0 Å².